The number of nitrogens with zero attached hydrogens (tertiary/aromatic N) is 2. The fraction of sp³-hybridized carbons (Fsp3) is 0.529. The number of piperazine rings is 1. The van der Waals surface area contributed by atoms with Crippen molar-refractivity contribution in [3.63, 3.8) is 0 Å². The van der Waals surface area contributed by atoms with Crippen LogP contribution < -0.4 is 10.6 Å². The van der Waals surface area contributed by atoms with Gasteiger partial charge in [-0.05, 0) is 35.8 Å². The van der Waals surface area contributed by atoms with Crippen LogP contribution in [0.25, 0.3) is 0 Å². The van der Waals surface area contributed by atoms with E-state index < -0.39 is 11.6 Å². The molecule has 1 aliphatic rings. The molecule has 0 atom stereocenters. The van der Waals surface area contributed by atoms with Gasteiger partial charge in [-0.1, -0.05) is 0 Å². The molecule has 1 saturated heterocycles. The molecule has 0 radical (unpaired) electrons. The molecule has 0 aromatic heterocycles. The van der Waals surface area contributed by atoms with Gasteiger partial charge in [-0.2, -0.15) is 0 Å². The number of hydrogen-bond donors (Lipinski definition) is 2. The van der Waals surface area contributed by atoms with Crippen molar-refractivity contribution < 1.29 is 18.4 Å². The van der Waals surface area contributed by atoms with E-state index in [0.717, 1.165) is 12.1 Å². The molecule has 0 aliphatic carbocycles. The fourth-order valence-electron chi connectivity index (χ4n) is 2.72. The second-order valence-corrected chi connectivity index (χ2v) is 7.42. The molecule has 2 N–H and O–H groups in total. The minimum absolute atomic E-state index is 0.0113. The zero-order valence-electron chi connectivity index (χ0n) is 14.8. The second kappa shape index (κ2) is 9.38. The molecule has 0 unspecified atom stereocenters. The molecule has 1 aromatic carbocycles. The maximum absolute atomic E-state index is 13.8. The normalized spacial score (nSPS) is 15.9. The highest BCUT2D eigenvalue weighted by molar-refractivity contribution is 9.10. The van der Waals surface area contributed by atoms with Gasteiger partial charge in [0.2, 0.25) is 11.8 Å². The Morgan fingerprint density at radius 1 is 1.08 bits per heavy atom. The van der Waals surface area contributed by atoms with Crippen molar-refractivity contribution >= 4 is 33.4 Å². The molecular weight excluding hydrogens is 410 g/mol. The maximum Gasteiger partial charge on any atom is 0.238 e. The third-order valence-corrected chi connectivity index (χ3v) is 4.55. The quantitative estimate of drug-likeness (QED) is 0.719. The molecule has 0 saturated carbocycles. The van der Waals surface area contributed by atoms with Crippen LogP contribution >= 0.6 is 15.9 Å². The average molecular weight is 433 g/mol. The Bertz CT molecular complexity index is 641. The summed E-state index contributed by atoms with van der Waals surface area (Å²) >= 11 is 3.05. The van der Waals surface area contributed by atoms with E-state index >= 15 is 0 Å². The highest BCUT2D eigenvalue weighted by atomic mass is 79.9. The number of amides is 2. The summed E-state index contributed by atoms with van der Waals surface area (Å²) in [5.41, 5.74) is -0.0691. The van der Waals surface area contributed by atoms with Gasteiger partial charge in [0, 0.05) is 42.8 Å². The Morgan fingerprint density at radius 2 is 1.62 bits per heavy atom. The van der Waals surface area contributed by atoms with Crippen molar-refractivity contribution in [2.24, 2.45) is 0 Å². The topological polar surface area (TPSA) is 64.7 Å². The summed E-state index contributed by atoms with van der Waals surface area (Å²) < 4.78 is 27.0. The number of halogens is 3. The van der Waals surface area contributed by atoms with E-state index in [1.165, 1.54) is 0 Å². The molecule has 9 heteroatoms. The summed E-state index contributed by atoms with van der Waals surface area (Å²) in [6, 6.07) is 1.93. The lowest BCUT2D eigenvalue weighted by Crippen LogP contribution is -2.51. The first-order chi connectivity index (χ1) is 12.2. The Hall–Kier alpha value is -1.58. The summed E-state index contributed by atoms with van der Waals surface area (Å²) in [6.45, 7) is 6.89. The first kappa shape index (κ1) is 20.7. The highest BCUT2D eigenvalue weighted by Crippen LogP contribution is 2.26. The molecule has 0 spiro atoms. The lowest BCUT2D eigenvalue weighted by molar-refractivity contribution is -0.124. The molecule has 2 amide bonds. The van der Waals surface area contributed by atoms with Gasteiger partial charge in [-0.25, -0.2) is 8.78 Å². The number of benzene rings is 1. The minimum atomic E-state index is -0.828. The van der Waals surface area contributed by atoms with Crippen molar-refractivity contribution in [3.05, 3.63) is 28.2 Å². The number of carbonyl (C=O) groups is 2. The molecular formula is C17H23BrF2N4O2. The molecule has 6 nitrogen and oxygen atoms in total. The van der Waals surface area contributed by atoms with Gasteiger partial charge in [0.1, 0.15) is 5.82 Å². The van der Waals surface area contributed by atoms with E-state index in [4.69, 9.17) is 0 Å². The van der Waals surface area contributed by atoms with Crippen molar-refractivity contribution in [1.82, 2.24) is 15.1 Å². The third kappa shape index (κ3) is 6.30. The Balaban J connectivity index is 1.79. The van der Waals surface area contributed by atoms with Crippen LogP contribution in [0, 0.1) is 11.6 Å². The predicted octanol–water partition coefficient (Wildman–Crippen LogP) is 1.81. The van der Waals surface area contributed by atoms with Crippen molar-refractivity contribution in [2.75, 3.05) is 44.6 Å². The number of carbonyl (C=O) groups excluding carboxylic acids is 2. The van der Waals surface area contributed by atoms with Crippen LogP contribution in [0.15, 0.2) is 16.6 Å². The van der Waals surface area contributed by atoms with Crippen LogP contribution in [-0.4, -0.2) is 66.9 Å². The van der Waals surface area contributed by atoms with E-state index in [9.17, 15) is 18.4 Å². The first-order valence-electron chi connectivity index (χ1n) is 8.43. The summed E-state index contributed by atoms with van der Waals surface area (Å²) in [7, 11) is 0. The van der Waals surface area contributed by atoms with Gasteiger partial charge in [-0.3, -0.25) is 19.4 Å². The lowest BCUT2D eigenvalue weighted by atomic mass is 10.2. The molecule has 0 bridgehead atoms. The predicted molar refractivity (Wildman–Crippen MR) is 98.8 cm³/mol. The van der Waals surface area contributed by atoms with E-state index in [-0.39, 0.29) is 34.6 Å². The van der Waals surface area contributed by atoms with Crippen LogP contribution in [-0.2, 0) is 9.59 Å². The average Bonchev–Trinajstić information content (AvgIpc) is 2.52. The largest absolute Gasteiger partial charge is 0.353 e. The molecule has 1 aliphatic heterocycles. The van der Waals surface area contributed by atoms with E-state index in [2.05, 4.69) is 26.6 Å². The van der Waals surface area contributed by atoms with Crippen LogP contribution in [0.5, 0.6) is 0 Å². The van der Waals surface area contributed by atoms with Crippen molar-refractivity contribution in [3.8, 4) is 0 Å². The summed E-state index contributed by atoms with van der Waals surface area (Å²) in [4.78, 5) is 27.9. The Labute approximate surface area is 160 Å². The van der Waals surface area contributed by atoms with E-state index in [0.29, 0.717) is 32.7 Å². The molecule has 1 heterocycles. The summed E-state index contributed by atoms with van der Waals surface area (Å²) in [6.07, 6.45) is 0. The number of hydrogen-bond acceptors (Lipinski definition) is 4. The molecule has 2 rings (SSSR count). The SMILES string of the molecule is CC(C)NC(=O)CN1CCN(CC(=O)Nc2c(F)cc(F)cc2Br)CC1. The number of rotatable bonds is 6. The smallest absolute Gasteiger partial charge is 0.238 e. The molecule has 144 valence electrons. The first-order valence-corrected chi connectivity index (χ1v) is 9.22. The number of anilines is 1. The van der Waals surface area contributed by atoms with E-state index in [1.807, 2.05) is 23.6 Å². The zero-order valence-corrected chi connectivity index (χ0v) is 16.4. The fourth-order valence-corrected chi connectivity index (χ4v) is 3.23. The van der Waals surface area contributed by atoms with Crippen LogP contribution in [0.1, 0.15) is 13.8 Å². The second-order valence-electron chi connectivity index (χ2n) is 6.57. The van der Waals surface area contributed by atoms with Crippen LogP contribution in [0.4, 0.5) is 14.5 Å². The lowest BCUT2D eigenvalue weighted by Gasteiger charge is -2.34. The Kier molecular flexibility index (Phi) is 7.48. The highest BCUT2D eigenvalue weighted by Gasteiger charge is 2.21. The van der Waals surface area contributed by atoms with E-state index in [1.54, 1.807) is 0 Å². The van der Waals surface area contributed by atoms with Gasteiger partial charge >= 0.3 is 0 Å². The summed E-state index contributed by atoms with van der Waals surface area (Å²) in [5, 5.41) is 5.32. The molecule has 1 aromatic rings. The maximum atomic E-state index is 13.8. The van der Waals surface area contributed by atoms with Gasteiger partial charge in [-0.15, -0.1) is 0 Å². The van der Waals surface area contributed by atoms with Crippen molar-refractivity contribution in [1.29, 1.82) is 0 Å². The standard InChI is InChI=1S/C17H23BrF2N4O2/c1-11(2)21-15(25)9-23-3-5-24(6-4-23)10-16(26)22-17-13(18)7-12(19)8-14(17)20/h7-8,11H,3-6,9-10H2,1-2H3,(H,21,25)(H,22,26). The van der Waals surface area contributed by atoms with Crippen molar-refractivity contribution in [2.45, 2.75) is 19.9 Å². The van der Waals surface area contributed by atoms with Crippen LogP contribution in [0.2, 0.25) is 0 Å². The zero-order chi connectivity index (χ0) is 19.3. The monoisotopic (exact) mass is 432 g/mol. The third-order valence-electron chi connectivity index (χ3n) is 3.92. The Morgan fingerprint density at radius 3 is 2.12 bits per heavy atom. The molecule has 1 fully saturated rings. The van der Waals surface area contributed by atoms with Gasteiger partial charge in [0.05, 0.1) is 18.8 Å². The summed E-state index contributed by atoms with van der Waals surface area (Å²) in [5.74, 6) is -1.93. The minimum Gasteiger partial charge on any atom is -0.353 e. The molecule has 26 heavy (non-hydrogen) atoms. The van der Waals surface area contributed by atoms with Gasteiger partial charge in [0.15, 0.2) is 5.82 Å². The van der Waals surface area contributed by atoms with Crippen LogP contribution in [0.3, 0.4) is 0 Å². The number of nitrogens with one attached hydrogen (secondary N) is 2. The van der Waals surface area contributed by atoms with Gasteiger partial charge < -0.3 is 10.6 Å². The van der Waals surface area contributed by atoms with Gasteiger partial charge in [0.25, 0.3) is 0 Å².